The average Bonchev–Trinajstić information content (AvgIpc) is 3.36. The highest BCUT2D eigenvalue weighted by Gasteiger charge is 2.28. The molecule has 4 nitrogen and oxygen atoms in total. The molecule has 1 N–H and O–H groups in total. The first-order valence-electron chi connectivity index (χ1n) is 7.75. The molecule has 3 rings (SSSR count). The molecular formula is C16H25N3O. The Morgan fingerprint density at radius 1 is 1.30 bits per heavy atom. The van der Waals surface area contributed by atoms with E-state index in [0.717, 1.165) is 38.3 Å². The van der Waals surface area contributed by atoms with Crippen LogP contribution in [0.5, 0.6) is 0 Å². The monoisotopic (exact) mass is 275 g/mol. The van der Waals surface area contributed by atoms with Crippen molar-refractivity contribution in [1.82, 2.24) is 15.2 Å². The van der Waals surface area contributed by atoms with Crippen molar-refractivity contribution in [2.45, 2.75) is 50.9 Å². The molecule has 0 atom stereocenters. The molecule has 0 bridgehead atoms. The van der Waals surface area contributed by atoms with Crippen molar-refractivity contribution in [2.24, 2.45) is 0 Å². The van der Waals surface area contributed by atoms with Gasteiger partial charge in [-0.1, -0.05) is 6.07 Å². The number of pyridine rings is 1. The predicted molar refractivity (Wildman–Crippen MR) is 79.4 cm³/mol. The summed E-state index contributed by atoms with van der Waals surface area (Å²) in [6.45, 7) is 3.71. The standard InChI is InChI=1S/C16H25N3O/c1-20-9-8-19(16-6-7-16)12-15-3-2-13(11-18-15)10-17-14-4-5-14/h2-3,11,14,16-17H,4-10,12H2,1H3. The summed E-state index contributed by atoms with van der Waals surface area (Å²) in [5.74, 6) is 0. The van der Waals surface area contributed by atoms with Gasteiger partial charge in [0.15, 0.2) is 0 Å². The molecule has 110 valence electrons. The van der Waals surface area contributed by atoms with E-state index in [0.29, 0.717) is 0 Å². The highest BCUT2D eigenvalue weighted by molar-refractivity contribution is 5.14. The summed E-state index contributed by atoms with van der Waals surface area (Å²) < 4.78 is 5.20. The molecule has 0 saturated heterocycles. The molecule has 0 aromatic carbocycles. The SMILES string of the molecule is COCCN(Cc1ccc(CNC2CC2)cn1)C1CC1. The van der Waals surface area contributed by atoms with Crippen LogP contribution < -0.4 is 5.32 Å². The van der Waals surface area contributed by atoms with Gasteiger partial charge in [-0.05, 0) is 37.3 Å². The lowest BCUT2D eigenvalue weighted by Crippen LogP contribution is -2.29. The maximum absolute atomic E-state index is 5.20. The van der Waals surface area contributed by atoms with E-state index < -0.39 is 0 Å². The lowest BCUT2D eigenvalue weighted by Gasteiger charge is -2.21. The van der Waals surface area contributed by atoms with Gasteiger partial charge >= 0.3 is 0 Å². The van der Waals surface area contributed by atoms with Crippen molar-refractivity contribution in [3.63, 3.8) is 0 Å². The Morgan fingerprint density at radius 2 is 2.15 bits per heavy atom. The molecule has 0 spiro atoms. The number of methoxy groups -OCH3 is 1. The first-order chi connectivity index (χ1) is 9.85. The molecule has 2 aliphatic rings. The van der Waals surface area contributed by atoms with Gasteiger partial charge < -0.3 is 10.1 Å². The highest BCUT2D eigenvalue weighted by Crippen LogP contribution is 2.27. The number of nitrogens with one attached hydrogen (secondary N) is 1. The Hall–Kier alpha value is -0.970. The molecule has 0 radical (unpaired) electrons. The second-order valence-electron chi connectivity index (χ2n) is 6.01. The van der Waals surface area contributed by atoms with E-state index in [-0.39, 0.29) is 0 Å². The Bertz CT molecular complexity index is 412. The largest absolute Gasteiger partial charge is 0.383 e. The van der Waals surface area contributed by atoms with Gasteiger partial charge in [-0.15, -0.1) is 0 Å². The summed E-state index contributed by atoms with van der Waals surface area (Å²) in [6, 6.07) is 5.89. The second-order valence-corrected chi connectivity index (χ2v) is 6.01. The third-order valence-electron chi connectivity index (χ3n) is 4.07. The minimum Gasteiger partial charge on any atom is -0.383 e. The van der Waals surface area contributed by atoms with Crippen LogP contribution in [-0.2, 0) is 17.8 Å². The van der Waals surface area contributed by atoms with E-state index in [1.54, 1.807) is 7.11 Å². The first kappa shape index (κ1) is 14.0. The molecule has 4 heteroatoms. The van der Waals surface area contributed by atoms with Crippen molar-refractivity contribution in [3.05, 3.63) is 29.6 Å². The van der Waals surface area contributed by atoms with Crippen LogP contribution in [-0.4, -0.2) is 42.2 Å². The van der Waals surface area contributed by atoms with Gasteiger partial charge in [-0.3, -0.25) is 9.88 Å². The van der Waals surface area contributed by atoms with Gasteiger partial charge in [0, 0.05) is 45.0 Å². The molecular weight excluding hydrogens is 250 g/mol. The van der Waals surface area contributed by atoms with Crippen molar-refractivity contribution < 1.29 is 4.74 Å². The third kappa shape index (κ3) is 4.27. The van der Waals surface area contributed by atoms with Crippen LogP contribution in [0.2, 0.25) is 0 Å². The molecule has 0 unspecified atom stereocenters. The van der Waals surface area contributed by atoms with E-state index in [2.05, 4.69) is 27.3 Å². The van der Waals surface area contributed by atoms with Gasteiger partial charge in [0.25, 0.3) is 0 Å². The molecule has 2 fully saturated rings. The van der Waals surface area contributed by atoms with Crippen LogP contribution in [0.25, 0.3) is 0 Å². The second kappa shape index (κ2) is 6.66. The number of nitrogens with zero attached hydrogens (tertiary/aromatic N) is 2. The van der Waals surface area contributed by atoms with Crippen molar-refractivity contribution in [3.8, 4) is 0 Å². The van der Waals surface area contributed by atoms with E-state index in [1.807, 2.05) is 6.20 Å². The minimum atomic E-state index is 0.753. The van der Waals surface area contributed by atoms with E-state index >= 15 is 0 Å². The maximum atomic E-state index is 5.20. The van der Waals surface area contributed by atoms with Gasteiger partial charge in [0.2, 0.25) is 0 Å². The predicted octanol–water partition coefficient (Wildman–Crippen LogP) is 1.94. The Kier molecular flexibility index (Phi) is 4.65. The third-order valence-corrected chi connectivity index (χ3v) is 4.07. The van der Waals surface area contributed by atoms with Gasteiger partial charge in [-0.25, -0.2) is 0 Å². The quantitative estimate of drug-likeness (QED) is 0.747. The fourth-order valence-electron chi connectivity index (χ4n) is 2.45. The van der Waals surface area contributed by atoms with Crippen molar-refractivity contribution in [2.75, 3.05) is 20.3 Å². The lowest BCUT2D eigenvalue weighted by atomic mass is 10.2. The summed E-state index contributed by atoms with van der Waals surface area (Å²) in [6.07, 6.45) is 7.34. The molecule has 1 aromatic heterocycles. The molecule has 0 amide bonds. The number of ether oxygens (including phenoxy) is 1. The molecule has 2 saturated carbocycles. The molecule has 1 aromatic rings. The normalized spacial score (nSPS) is 18.7. The summed E-state index contributed by atoms with van der Waals surface area (Å²) in [5, 5.41) is 3.52. The fraction of sp³-hybridized carbons (Fsp3) is 0.688. The average molecular weight is 275 g/mol. The molecule has 0 aliphatic heterocycles. The Balaban J connectivity index is 1.50. The smallest absolute Gasteiger partial charge is 0.0589 e. The number of aromatic nitrogens is 1. The van der Waals surface area contributed by atoms with Crippen LogP contribution in [0.1, 0.15) is 36.9 Å². The van der Waals surface area contributed by atoms with Crippen molar-refractivity contribution >= 4 is 0 Å². The summed E-state index contributed by atoms with van der Waals surface area (Å²) >= 11 is 0. The van der Waals surface area contributed by atoms with E-state index in [1.165, 1.54) is 36.9 Å². The Labute approximate surface area is 121 Å². The topological polar surface area (TPSA) is 37.4 Å². The van der Waals surface area contributed by atoms with Crippen LogP contribution in [0.3, 0.4) is 0 Å². The van der Waals surface area contributed by atoms with Crippen LogP contribution in [0.15, 0.2) is 18.3 Å². The van der Waals surface area contributed by atoms with Gasteiger partial charge in [0.05, 0.1) is 12.3 Å². The summed E-state index contributed by atoms with van der Waals surface area (Å²) in [7, 11) is 1.77. The van der Waals surface area contributed by atoms with E-state index in [4.69, 9.17) is 4.74 Å². The highest BCUT2D eigenvalue weighted by atomic mass is 16.5. The zero-order chi connectivity index (χ0) is 13.8. The fourth-order valence-corrected chi connectivity index (χ4v) is 2.45. The number of hydrogen-bond acceptors (Lipinski definition) is 4. The zero-order valence-electron chi connectivity index (χ0n) is 12.3. The van der Waals surface area contributed by atoms with Crippen LogP contribution >= 0.6 is 0 Å². The Morgan fingerprint density at radius 3 is 2.75 bits per heavy atom. The lowest BCUT2D eigenvalue weighted by molar-refractivity contribution is 0.139. The maximum Gasteiger partial charge on any atom is 0.0589 e. The number of rotatable bonds is 9. The minimum absolute atomic E-state index is 0.753. The molecule has 2 aliphatic carbocycles. The first-order valence-corrected chi connectivity index (χ1v) is 7.75. The van der Waals surface area contributed by atoms with Gasteiger partial charge in [-0.2, -0.15) is 0 Å². The number of hydrogen-bond donors (Lipinski definition) is 1. The zero-order valence-corrected chi connectivity index (χ0v) is 12.3. The summed E-state index contributed by atoms with van der Waals surface area (Å²) in [5.41, 5.74) is 2.46. The molecule has 20 heavy (non-hydrogen) atoms. The summed E-state index contributed by atoms with van der Waals surface area (Å²) in [4.78, 5) is 7.11. The molecule has 1 heterocycles. The van der Waals surface area contributed by atoms with Crippen LogP contribution in [0, 0.1) is 0 Å². The van der Waals surface area contributed by atoms with Gasteiger partial charge in [0.1, 0.15) is 0 Å². The van der Waals surface area contributed by atoms with Crippen LogP contribution in [0.4, 0.5) is 0 Å². The van der Waals surface area contributed by atoms with E-state index in [9.17, 15) is 0 Å². The van der Waals surface area contributed by atoms with Crippen molar-refractivity contribution in [1.29, 1.82) is 0 Å².